The molecule has 1 heterocycles. The van der Waals surface area contributed by atoms with Crippen LogP contribution < -0.4 is 4.90 Å². The van der Waals surface area contributed by atoms with Crippen molar-refractivity contribution in [3.63, 3.8) is 0 Å². The van der Waals surface area contributed by atoms with Gasteiger partial charge in [-0.1, -0.05) is 0 Å². The van der Waals surface area contributed by atoms with Crippen molar-refractivity contribution in [2.24, 2.45) is 0 Å². The summed E-state index contributed by atoms with van der Waals surface area (Å²) < 4.78 is 12.9. The Morgan fingerprint density at radius 2 is 2.14 bits per heavy atom. The van der Waals surface area contributed by atoms with Gasteiger partial charge in [0.1, 0.15) is 0 Å². The molecule has 1 aromatic carbocycles. The highest BCUT2D eigenvalue weighted by Gasteiger charge is 2.10. The standard InChI is InChI=1S/C11H12N2O/c12-9-10-1-3-11(4-2-10)13-5-7-14-8-6-13/h1-4H,5-8H2/i1D. The average Bonchev–Trinajstić information content (AvgIpc) is 2.30. The zero-order valence-electron chi connectivity index (χ0n) is 8.86. The number of anilines is 1. The Morgan fingerprint density at radius 3 is 2.79 bits per heavy atom. The molecule has 3 nitrogen and oxygen atoms in total. The van der Waals surface area contributed by atoms with Crippen molar-refractivity contribution in [2.75, 3.05) is 31.2 Å². The summed E-state index contributed by atoms with van der Waals surface area (Å²) in [6.45, 7) is 3.16. The van der Waals surface area contributed by atoms with E-state index in [1.165, 1.54) is 0 Å². The Labute approximate surface area is 84.9 Å². The molecule has 0 bridgehead atoms. The van der Waals surface area contributed by atoms with Crippen LogP contribution in [0.15, 0.2) is 24.2 Å². The van der Waals surface area contributed by atoms with Gasteiger partial charge in [0.05, 0.1) is 26.2 Å². The van der Waals surface area contributed by atoms with Crippen LogP contribution in [0.1, 0.15) is 6.93 Å². The predicted octanol–water partition coefficient (Wildman–Crippen LogP) is 1.39. The van der Waals surface area contributed by atoms with E-state index in [1.54, 1.807) is 12.1 Å². The molecular weight excluding hydrogens is 176 g/mol. The number of hydrogen-bond donors (Lipinski definition) is 0. The fourth-order valence-corrected chi connectivity index (χ4v) is 1.50. The normalized spacial score (nSPS) is 17.4. The number of benzene rings is 1. The second kappa shape index (κ2) is 4.12. The van der Waals surface area contributed by atoms with E-state index in [9.17, 15) is 0 Å². The maximum atomic E-state index is 8.72. The van der Waals surface area contributed by atoms with Crippen molar-refractivity contribution in [1.29, 1.82) is 5.26 Å². The Bertz CT molecular complexity index is 394. The van der Waals surface area contributed by atoms with Crippen molar-refractivity contribution in [3.05, 3.63) is 29.8 Å². The average molecular weight is 189 g/mol. The van der Waals surface area contributed by atoms with Crippen LogP contribution in [0.5, 0.6) is 0 Å². The van der Waals surface area contributed by atoms with Crippen molar-refractivity contribution >= 4 is 5.69 Å². The van der Waals surface area contributed by atoms with E-state index < -0.39 is 0 Å². The van der Waals surface area contributed by atoms with Crippen LogP contribution in [0.2, 0.25) is 0 Å². The van der Waals surface area contributed by atoms with E-state index in [0.29, 0.717) is 11.6 Å². The van der Waals surface area contributed by atoms with E-state index in [-0.39, 0.29) is 0 Å². The molecule has 0 amide bonds. The van der Waals surface area contributed by atoms with E-state index in [0.717, 1.165) is 32.0 Å². The Hall–Kier alpha value is -1.53. The number of nitrogens with zero attached hydrogens (tertiary/aromatic N) is 2. The van der Waals surface area contributed by atoms with Gasteiger partial charge in [-0.05, 0) is 24.2 Å². The topological polar surface area (TPSA) is 36.3 Å². The van der Waals surface area contributed by atoms with Crippen LogP contribution in [0.3, 0.4) is 0 Å². The molecule has 0 spiro atoms. The Morgan fingerprint density at radius 1 is 1.36 bits per heavy atom. The zero-order chi connectivity index (χ0) is 10.7. The third-order valence-corrected chi connectivity index (χ3v) is 2.29. The molecule has 0 aromatic heterocycles. The first kappa shape index (κ1) is 7.84. The number of hydrogen-bond acceptors (Lipinski definition) is 3. The summed E-state index contributed by atoms with van der Waals surface area (Å²) >= 11 is 0. The first-order chi connectivity index (χ1) is 7.31. The molecule has 0 radical (unpaired) electrons. The maximum Gasteiger partial charge on any atom is 0.0991 e. The molecule has 3 heteroatoms. The summed E-state index contributed by atoms with van der Waals surface area (Å²) in [5.41, 5.74) is 1.43. The first-order valence-electron chi connectivity index (χ1n) is 5.15. The third-order valence-electron chi connectivity index (χ3n) is 2.29. The second-order valence-corrected chi connectivity index (χ2v) is 3.17. The molecule has 2 rings (SSSR count). The lowest BCUT2D eigenvalue weighted by Crippen LogP contribution is -2.36. The van der Waals surface area contributed by atoms with Gasteiger partial charge in [0.25, 0.3) is 0 Å². The Balaban J connectivity index is 2.22. The van der Waals surface area contributed by atoms with E-state index in [1.807, 2.05) is 12.1 Å². The van der Waals surface area contributed by atoms with Gasteiger partial charge in [0.2, 0.25) is 0 Å². The molecule has 0 atom stereocenters. The summed E-state index contributed by atoms with van der Waals surface area (Å²) in [6, 6.07) is 7.62. The molecule has 1 fully saturated rings. The van der Waals surface area contributed by atoms with Crippen LogP contribution in [-0.4, -0.2) is 26.3 Å². The molecule has 0 saturated carbocycles. The van der Waals surface area contributed by atoms with Gasteiger partial charge in [-0.3, -0.25) is 0 Å². The minimum Gasteiger partial charge on any atom is -0.378 e. The molecule has 0 N–H and O–H groups in total. The summed E-state index contributed by atoms with van der Waals surface area (Å²) in [4.78, 5) is 2.17. The number of ether oxygens (including phenoxy) is 1. The highest BCUT2D eigenvalue weighted by atomic mass is 16.5. The monoisotopic (exact) mass is 189 g/mol. The van der Waals surface area contributed by atoms with Gasteiger partial charge in [0, 0.05) is 18.8 Å². The van der Waals surface area contributed by atoms with Gasteiger partial charge in [0.15, 0.2) is 0 Å². The molecule has 1 aromatic rings. The van der Waals surface area contributed by atoms with Gasteiger partial charge < -0.3 is 9.64 Å². The van der Waals surface area contributed by atoms with E-state index in [4.69, 9.17) is 11.4 Å². The lowest BCUT2D eigenvalue weighted by molar-refractivity contribution is 0.122. The lowest BCUT2D eigenvalue weighted by Gasteiger charge is -2.28. The number of rotatable bonds is 1. The minimum absolute atomic E-state index is 0.293. The van der Waals surface area contributed by atoms with E-state index >= 15 is 0 Å². The highest BCUT2D eigenvalue weighted by molar-refractivity contribution is 5.49. The van der Waals surface area contributed by atoms with Crippen molar-refractivity contribution in [3.8, 4) is 6.07 Å². The van der Waals surface area contributed by atoms with Gasteiger partial charge in [-0.25, -0.2) is 0 Å². The molecule has 1 aliphatic heterocycles. The molecule has 0 aliphatic carbocycles. The quantitative estimate of drug-likeness (QED) is 0.670. The molecule has 72 valence electrons. The fraction of sp³-hybridized carbons (Fsp3) is 0.364. The first-order valence-corrected chi connectivity index (χ1v) is 4.65. The minimum atomic E-state index is 0.293. The molecule has 14 heavy (non-hydrogen) atoms. The van der Waals surface area contributed by atoms with Crippen LogP contribution in [0.25, 0.3) is 0 Å². The maximum absolute atomic E-state index is 8.72. The zero-order valence-corrected chi connectivity index (χ0v) is 7.86. The largest absolute Gasteiger partial charge is 0.378 e. The van der Waals surface area contributed by atoms with E-state index in [2.05, 4.69) is 4.90 Å². The third kappa shape index (κ3) is 1.86. The van der Waals surface area contributed by atoms with Gasteiger partial charge in [-0.2, -0.15) is 5.26 Å². The van der Waals surface area contributed by atoms with Crippen LogP contribution in [0.4, 0.5) is 5.69 Å². The molecular formula is C11H12N2O. The summed E-state index contributed by atoms with van der Waals surface area (Å²) in [5, 5.41) is 8.72. The summed E-state index contributed by atoms with van der Waals surface area (Å²) in [6.07, 6.45) is 0. The van der Waals surface area contributed by atoms with Crippen LogP contribution >= 0.6 is 0 Å². The lowest BCUT2D eigenvalue weighted by atomic mass is 10.2. The number of morpholine rings is 1. The van der Waals surface area contributed by atoms with Gasteiger partial charge in [-0.15, -0.1) is 0 Å². The molecule has 1 aliphatic rings. The Kier molecular flexibility index (Phi) is 2.31. The molecule has 0 unspecified atom stereocenters. The summed E-state index contributed by atoms with van der Waals surface area (Å²) in [7, 11) is 0. The van der Waals surface area contributed by atoms with Crippen LogP contribution in [-0.2, 0) is 4.74 Å². The summed E-state index contributed by atoms with van der Waals surface area (Å²) in [5.74, 6) is 0. The van der Waals surface area contributed by atoms with Crippen molar-refractivity contribution < 1.29 is 6.11 Å². The van der Waals surface area contributed by atoms with Crippen LogP contribution in [0, 0.1) is 11.3 Å². The van der Waals surface area contributed by atoms with Crippen molar-refractivity contribution in [1.82, 2.24) is 0 Å². The second-order valence-electron chi connectivity index (χ2n) is 3.17. The molecule has 1 saturated heterocycles. The SMILES string of the molecule is [2H]c1cc(N2CCOCC2)ccc1C#N. The van der Waals surface area contributed by atoms with Crippen molar-refractivity contribution in [2.45, 2.75) is 0 Å². The smallest absolute Gasteiger partial charge is 0.0991 e. The predicted molar refractivity (Wildman–Crippen MR) is 54.2 cm³/mol. The highest BCUT2D eigenvalue weighted by Crippen LogP contribution is 2.15. The fourth-order valence-electron chi connectivity index (χ4n) is 1.50. The van der Waals surface area contributed by atoms with Gasteiger partial charge >= 0.3 is 0 Å². The number of nitriles is 1.